The number of aromatic nitrogens is 4. The van der Waals surface area contributed by atoms with Crippen molar-refractivity contribution in [3.05, 3.63) is 38.7 Å². The third-order valence-corrected chi connectivity index (χ3v) is 4.15. The summed E-state index contributed by atoms with van der Waals surface area (Å²) in [5.74, 6) is 0. The van der Waals surface area contributed by atoms with Crippen LogP contribution in [0.1, 0.15) is 12.5 Å². The highest BCUT2D eigenvalue weighted by Gasteiger charge is 2.14. The van der Waals surface area contributed by atoms with Gasteiger partial charge in [0.15, 0.2) is 0 Å². The lowest BCUT2D eigenvalue weighted by Gasteiger charge is -2.09. The molecule has 1 aromatic carbocycles. The third kappa shape index (κ3) is 3.53. The highest BCUT2D eigenvalue weighted by Crippen LogP contribution is 2.23. The van der Waals surface area contributed by atoms with E-state index in [1.165, 1.54) is 21.1 Å². The molecule has 0 spiro atoms. The summed E-state index contributed by atoms with van der Waals surface area (Å²) >= 11 is 4.96. The predicted octanol–water partition coefficient (Wildman–Crippen LogP) is 1.94. The Morgan fingerprint density at radius 2 is 2.24 bits per heavy atom. The van der Waals surface area contributed by atoms with Crippen molar-refractivity contribution < 1.29 is 4.84 Å². The van der Waals surface area contributed by atoms with Gasteiger partial charge in [-0.25, -0.2) is 4.79 Å². The molecule has 0 fully saturated rings. The molecule has 0 aliphatic carbocycles. The van der Waals surface area contributed by atoms with Crippen molar-refractivity contribution in [2.75, 3.05) is 6.26 Å². The number of aryl methyl sites for hydroxylation is 1. The van der Waals surface area contributed by atoms with Gasteiger partial charge in [0.2, 0.25) is 0 Å². The van der Waals surface area contributed by atoms with Gasteiger partial charge in [0, 0.05) is 17.1 Å². The van der Waals surface area contributed by atoms with Crippen LogP contribution >= 0.6 is 27.7 Å². The van der Waals surface area contributed by atoms with Crippen molar-refractivity contribution in [3.8, 4) is 5.69 Å². The normalized spacial score (nSPS) is 11.7. The Morgan fingerprint density at radius 1 is 1.48 bits per heavy atom. The summed E-state index contributed by atoms with van der Waals surface area (Å²) in [4.78, 5) is 17.3. The summed E-state index contributed by atoms with van der Waals surface area (Å²) in [6, 6.07) is 5.47. The maximum Gasteiger partial charge on any atom is 0.368 e. The molecule has 0 saturated carbocycles. The highest BCUT2D eigenvalue weighted by molar-refractivity contribution is 9.10. The second-order valence-electron chi connectivity index (χ2n) is 4.12. The van der Waals surface area contributed by atoms with E-state index in [0.29, 0.717) is 5.69 Å². The smallest absolute Gasteiger partial charge is 0.368 e. The van der Waals surface area contributed by atoms with Crippen molar-refractivity contribution in [1.29, 1.82) is 0 Å². The Morgan fingerprint density at radius 3 is 2.86 bits per heavy atom. The van der Waals surface area contributed by atoms with Gasteiger partial charge < -0.3 is 4.84 Å². The van der Waals surface area contributed by atoms with Gasteiger partial charge in [-0.3, -0.25) is 0 Å². The fourth-order valence-electron chi connectivity index (χ4n) is 1.58. The molecule has 2 aromatic rings. The predicted molar refractivity (Wildman–Crippen MR) is 85.7 cm³/mol. The number of halogens is 1. The van der Waals surface area contributed by atoms with Gasteiger partial charge in [-0.1, -0.05) is 27.2 Å². The molecule has 0 aliphatic rings. The van der Waals surface area contributed by atoms with Gasteiger partial charge in [0.25, 0.3) is 0 Å². The van der Waals surface area contributed by atoms with Gasteiger partial charge >= 0.3 is 5.69 Å². The van der Waals surface area contributed by atoms with E-state index in [-0.39, 0.29) is 12.3 Å². The van der Waals surface area contributed by atoms with E-state index in [1.54, 1.807) is 13.1 Å². The van der Waals surface area contributed by atoms with E-state index in [2.05, 4.69) is 31.5 Å². The van der Waals surface area contributed by atoms with Crippen molar-refractivity contribution in [1.82, 2.24) is 19.8 Å². The van der Waals surface area contributed by atoms with Crippen LogP contribution in [0.5, 0.6) is 0 Å². The lowest BCUT2D eigenvalue weighted by molar-refractivity contribution is 0.130. The zero-order chi connectivity index (χ0) is 15.4. The topological polar surface area (TPSA) is 74.3 Å². The van der Waals surface area contributed by atoms with Crippen LogP contribution in [0.25, 0.3) is 5.69 Å². The first kappa shape index (κ1) is 15.8. The van der Waals surface area contributed by atoms with Crippen molar-refractivity contribution in [2.24, 2.45) is 12.2 Å². The molecule has 112 valence electrons. The minimum Gasteiger partial charge on any atom is -0.390 e. The number of tetrazole rings is 1. The number of nitrogens with zero attached hydrogens (tertiary/aromatic N) is 5. The molecule has 0 radical (unpaired) electrons. The van der Waals surface area contributed by atoms with Crippen LogP contribution in [0.2, 0.25) is 0 Å². The molecule has 0 atom stereocenters. The van der Waals surface area contributed by atoms with Crippen LogP contribution < -0.4 is 5.69 Å². The lowest BCUT2D eigenvalue weighted by Crippen LogP contribution is -2.23. The Kier molecular flexibility index (Phi) is 5.18. The molecular formula is C12H14BrN5O2S. The quantitative estimate of drug-likeness (QED) is 0.466. The molecule has 21 heavy (non-hydrogen) atoms. The highest BCUT2D eigenvalue weighted by atomic mass is 79.9. The molecule has 0 aliphatic heterocycles. The summed E-state index contributed by atoms with van der Waals surface area (Å²) in [5.41, 5.74) is 1.07. The summed E-state index contributed by atoms with van der Waals surface area (Å²) in [5, 5.41) is 12.4. The molecular weight excluding hydrogens is 358 g/mol. The lowest BCUT2D eigenvalue weighted by atomic mass is 10.2. The van der Waals surface area contributed by atoms with E-state index in [1.807, 2.05) is 25.3 Å². The molecule has 1 heterocycles. The summed E-state index contributed by atoms with van der Waals surface area (Å²) < 4.78 is 3.21. The van der Waals surface area contributed by atoms with Crippen molar-refractivity contribution >= 4 is 32.7 Å². The first-order valence-corrected chi connectivity index (χ1v) is 8.03. The zero-order valence-corrected chi connectivity index (χ0v) is 14.2. The average Bonchev–Trinajstić information content (AvgIpc) is 2.80. The number of rotatable bonds is 4. The number of benzene rings is 1. The maximum absolute atomic E-state index is 12.0. The van der Waals surface area contributed by atoms with Crippen LogP contribution in [0.3, 0.4) is 0 Å². The van der Waals surface area contributed by atoms with E-state index in [9.17, 15) is 4.79 Å². The maximum atomic E-state index is 12.0. The Labute approximate surface area is 134 Å². The second-order valence-corrected chi connectivity index (χ2v) is 5.98. The first-order chi connectivity index (χ1) is 10.0. The molecule has 7 nitrogen and oxygen atoms in total. The number of hydrogen-bond donors (Lipinski definition) is 0. The van der Waals surface area contributed by atoms with Crippen LogP contribution in [-0.2, 0) is 18.5 Å². The molecule has 0 unspecified atom stereocenters. The van der Waals surface area contributed by atoms with Gasteiger partial charge in [0.05, 0.1) is 5.69 Å². The Bertz CT molecular complexity index is 725. The molecule has 1 aromatic heterocycles. The molecule has 9 heteroatoms. The average molecular weight is 372 g/mol. The third-order valence-electron chi connectivity index (χ3n) is 2.74. The molecule has 0 bridgehead atoms. The minimum absolute atomic E-state index is 0.220. The fraction of sp³-hybridized carbons (Fsp3) is 0.333. The van der Waals surface area contributed by atoms with E-state index < -0.39 is 0 Å². The summed E-state index contributed by atoms with van der Waals surface area (Å²) in [7, 11) is 1.55. The van der Waals surface area contributed by atoms with Gasteiger partial charge in [-0.05, 0) is 35.7 Å². The van der Waals surface area contributed by atoms with Gasteiger partial charge in [-0.2, -0.15) is 9.36 Å². The molecule has 2 rings (SSSR count). The summed E-state index contributed by atoms with van der Waals surface area (Å²) in [6.07, 6.45) is 1.92. The SMILES string of the molecule is CSC(C)=NOCc1c(Br)cccc1-n1nnn(C)c1=O. The van der Waals surface area contributed by atoms with E-state index in [0.717, 1.165) is 15.1 Å². The molecule has 0 amide bonds. The largest absolute Gasteiger partial charge is 0.390 e. The first-order valence-electron chi connectivity index (χ1n) is 6.02. The van der Waals surface area contributed by atoms with Crippen LogP contribution in [0.15, 0.2) is 32.6 Å². The van der Waals surface area contributed by atoms with Crippen molar-refractivity contribution in [3.63, 3.8) is 0 Å². The monoisotopic (exact) mass is 371 g/mol. The Balaban J connectivity index is 2.37. The van der Waals surface area contributed by atoms with Crippen molar-refractivity contribution in [2.45, 2.75) is 13.5 Å². The fourth-order valence-corrected chi connectivity index (χ4v) is 2.18. The van der Waals surface area contributed by atoms with Gasteiger partial charge in [-0.15, -0.1) is 11.8 Å². The second kappa shape index (κ2) is 6.90. The van der Waals surface area contributed by atoms with Crippen LogP contribution in [0.4, 0.5) is 0 Å². The van der Waals surface area contributed by atoms with Crippen LogP contribution in [0, 0.1) is 0 Å². The van der Waals surface area contributed by atoms with E-state index in [4.69, 9.17) is 4.84 Å². The standard InChI is InChI=1S/C12H14BrN5O2S/c1-8(21-3)14-20-7-9-10(13)5-4-6-11(9)18-12(19)17(2)15-16-18/h4-6H,7H2,1-3H3. The number of hydrogen-bond acceptors (Lipinski definition) is 6. The zero-order valence-electron chi connectivity index (χ0n) is 11.8. The number of oxime groups is 1. The Hall–Kier alpha value is -1.61. The van der Waals surface area contributed by atoms with Gasteiger partial charge in [0.1, 0.15) is 11.7 Å². The summed E-state index contributed by atoms with van der Waals surface area (Å²) in [6.45, 7) is 2.08. The molecule has 0 N–H and O–H groups in total. The minimum atomic E-state index is -0.321. The van der Waals surface area contributed by atoms with Crippen LogP contribution in [-0.4, -0.2) is 31.1 Å². The van der Waals surface area contributed by atoms with E-state index >= 15 is 0 Å². The molecule has 0 saturated heterocycles. The number of thioether (sulfide) groups is 1.